The van der Waals surface area contributed by atoms with Crippen molar-refractivity contribution >= 4 is 33.5 Å². The van der Waals surface area contributed by atoms with Gasteiger partial charge < -0.3 is 4.40 Å². The molecule has 1 N–H and O–H groups in total. The number of nitrogens with zero attached hydrogens (tertiary/aromatic N) is 4. The highest BCUT2D eigenvalue weighted by molar-refractivity contribution is 9.10. The van der Waals surface area contributed by atoms with Crippen LogP contribution in [0, 0.1) is 0 Å². The van der Waals surface area contributed by atoms with E-state index in [0.29, 0.717) is 0 Å². The number of hydrazone groups is 1. The number of pyridine rings is 2. The Bertz CT molecular complexity index is 1020. The van der Waals surface area contributed by atoms with Crippen molar-refractivity contribution in [3.8, 4) is 11.3 Å². The summed E-state index contributed by atoms with van der Waals surface area (Å²) in [5, 5.41) is 4.23. The fourth-order valence-corrected chi connectivity index (χ4v) is 2.80. The normalized spacial score (nSPS) is 11.2. The van der Waals surface area contributed by atoms with Crippen molar-refractivity contribution < 1.29 is 0 Å². The Morgan fingerprint density at radius 1 is 0.960 bits per heavy atom. The maximum absolute atomic E-state index is 4.64. The predicted octanol–water partition coefficient (Wildman–Crippen LogP) is 4.60. The van der Waals surface area contributed by atoms with E-state index >= 15 is 0 Å². The SMILES string of the molecule is Brc1ccc2nc(-c3ccc(N/N=C/c4ccncc4)cc3)cn2c1. The van der Waals surface area contributed by atoms with Gasteiger partial charge >= 0.3 is 0 Å². The minimum absolute atomic E-state index is 0.917. The van der Waals surface area contributed by atoms with E-state index in [-0.39, 0.29) is 0 Å². The third kappa shape index (κ3) is 3.59. The van der Waals surface area contributed by atoms with E-state index in [9.17, 15) is 0 Å². The molecule has 5 nitrogen and oxygen atoms in total. The van der Waals surface area contributed by atoms with Crippen LogP contribution < -0.4 is 5.43 Å². The lowest BCUT2D eigenvalue weighted by Gasteiger charge is -2.01. The van der Waals surface area contributed by atoms with Gasteiger partial charge in [-0.15, -0.1) is 0 Å². The zero-order valence-electron chi connectivity index (χ0n) is 13.2. The number of benzene rings is 1. The van der Waals surface area contributed by atoms with Gasteiger partial charge in [-0.2, -0.15) is 5.10 Å². The molecule has 0 aliphatic rings. The Kier molecular flexibility index (Phi) is 4.26. The number of aromatic nitrogens is 3. The molecule has 4 rings (SSSR count). The summed E-state index contributed by atoms with van der Waals surface area (Å²) in [4.78, 5) is 8.62. The van der Waals surface area contributed by atoms with E-state index < -0.39 is 0 Å². The van der Waals surface area contributed by atoms with Gasteiger partial charge in [-0.25, -0.2) is 4.98 Å². The summed E-state index contributed by atoms with van der Waals surface area (Å²) in [7, 11) is 0. The van der Waals surface area contributed by atoms with Gasteiger partial charge in [0.05, 0.1) is 17.6 Å². The Balaban J connectivity index is 1.50. The van der Waals surface area contributed by atoms with Crippen LogP contribution in [0.25, 0.3) is 16.9 Å². The molecule has 0 saturated heterocycles. The zero-order chi connectivity index (χ0) is 17.1. The van der Waals surface area contributed by atoms with E-state index in [1.807, 2.05) is 65.3 Å². The van der Waals surface area contributed by atoms with Crippen LogP contribution in [0.1, 0.15) is 5.56 Å². The average molecular weight is 392 g/mol. The van der Waals surface area contributed by atoms with Crippen LogP contribution in [0.2, 0.25) is 0 Å². The molecule has 0 amide bonds. The van der Waals surface area contributed by atoms with Crippen molar-refractivity contribution in [1.29, 1.82) is 0 Å². The van der Waals surface area contributed by atoms with Gasteiger partial charge in [0.2, 0.25) is 0 Å². The Hall–Kier alpha value is -2.99. The first-order valence-corrected chi connectivity index (χ1v) is 8.51. The number of imidazole rings is 1. The number of nitrogens with one attached hydrogen (secondary N) is 1. The molecule has 25 heavy (non-hydrogen) atoms. The average Bonchev–Trinajstić information content (AvgIpc) is 3.06. The smallest absolute Gasteiger partial charge is 0.137 e. The standard InChI is InChI=1S/C19H14BrN5/c20-16-3-6-19-23-18(13-25(19)12-16)15-1-4-17(5-2-15)24-22-11-14-7-9-21-10-8-14/h1-13,24H/b22-11+. The van der Waals surface area contributed by atoms with Crippen LogP contribution in [0.15, 0.2) is 82.9 Å². The molecule has 0 unspecified atom stereocenters. The Morgan fingerprint density at radius 2 is 1.76 bits per heavy atom. The predicted molar refractivity (Wildman–Crippen MR) is 104 cm³/mol. The highest BCUT2D eigenvalue weighted by atomic mass is 79.9. The number of fused-ring (bicyclic) bond motifs is 1. The van der Waals surface area contributed by atoms with Gasteiger partial charge in [-0.1, -0.05) is 12.1 Å². The van der Waals surface area contributed by atoms with Crippen LogP contribution in [0.3, 0.4) is 0 Å². The molecule has 1 aromatic carbocycles. The highest BCUT2D eigenvalue weighted by Gasteiger charge is 2.04. The number of anilines is 1. The third-order valence-electron chi connectivity index (χ3n) is 3.71. The van der Waals surface area contributed by atoms with E-state index in [1.54, 1.807) is 18.6 Å². The lowest BCUT2D eigenvalue weighted by Crippen LogP contribution is -1.90. The Labute approximate surface area is 153 Å². The number of halogens is 1. The number of hydrogen-bond acceptors (Lipinski definition) is 4. The molecule has 0 radical (unpaired) electrons. The highest BCUT2D eigenvalue weighted by Crippen LogP contribution is 2.22. The summed E-state index contributed by atoms with van der Waals surface area (Å²) >= 11 is 3.47. The van der Waals surface area contributed by atoms with Gasteiger partial charge in [-0.3, -0.25) is 10.4 Å². The van der Waals surface area contributed by atoms with Crippen molar-refractivity contribution in [3.05, 3.63) is 83.4 Å². The van der Waals surface area contributed by atoms with Crippen molar-refractivity contribution in [2.45, 2.75) is 0 Å². The van der Waals surface area contributed by atoms with Crippen LogP contribution in [0.5, 0.6) is 0 Å². The first-order chi connectivity index (χ1) is 12.3. The second-order valence-corrected chi connectivity index (χ2v) is 6.38. The molecule has 0 aliphatic carbocycles. The number of hydrogen-bond donors (Lipinski definition) is 1. The van der Waals surface area contributed by atoms with E-state index in [0.717, 1.165) is 32.6 Å². The second-order valence-electron chi connectivity index (χ2n) is 5.47. The molecule has 0 atom stereocenters. The summed E-state index contributed by atoms with van der Waals surface area (Å²) in [6.07, 6.45) is 9.25. The van der Waals surface area contributed by atoms with Crippen LogP contribution in [-0.4, -0.2) is 20.6 Å². The molecule has 0 aliphatic heterocycles. The quantitative estimate of drug-likeness (QED) is 0.408. The summed E-state index contributed by atoms with van der Waals surface area (Å²) in [6, 6.07) is 15.8. The van der Waals surface area contributed by atoms with Gasteiger partial charge in [0.25, 0.3) is 0 Å². The molecule has 122 valence electrons. The fraction of sp³-hybridized carbons (Fsp3) is 0. The minimum atomic E-state index is 0.917. The molecule has 3 heterocycles. The second kappa shape index (κ2) is 6.86. The monoisotopic (exact) mass is 391 g/mol. The Morgan fingerprint density at radius 3 is 2.56 bits per heavy atom. The summed E-state index contributed by atoms with van der Waals surface area (Å²) < 4.78 is 3.03. The zero-order valence-corrected chi connectivity index (χ0v) is 14.8. The van der Waals surface area contributed by atoms with E-state index in [2.05, 4.69) is 36.4 Å². The van der Waals surface area contributed by atoms with Crippen molar-refractivity contribution in [1.82, 2.24) is 14.4 Å². The molecule has 0 spiro atoms. The summed E-state index contributed by atoms with van der Waals surface area (Å²) in [6.45, 7) is 0. The maximum Gasteiger partial charge on any atom is 0.137 e. The van der Waals surface area contributed by atoms with Crippen molar-refractivity contribution in [2.24, 2.45) is 5.10 Å². The fourth-order valence-electron chi connectivity index (χ4n) is 2.45. The van der Waals surface area contributed by atoms with E-state index in [1.165, 1.54) is 0 Å². The minimum Gasteiger partial charge on any atom is -0.305 e. The van der Waals surface area contributed by atoms with Crippen molar-refractivity contribution in [2.75, 3.05) is 5.43 Å². The lowest BCUT2D eigenvalue weighted by atomic mass is 10.1. The number of rotatable bonds is 4. The first-order valence-electron chi connectivity index (χ1n) is 7.72. The summed E-state index contributed by atoms with van der Waals surface area (Å²) in [5.41, 5.74) is 7.85. The van der Waals surface area contributed by atoms with Gasteiger partial charge in [0.15, 0.2) is 0 Å². The molecular formula is C19H14BrN5. The van der Waals surface area contributed by atoms with E-state index in [4.69, 9.17) is 0 Å². The van der Waals surface area contributed by atoms with Gasteiger partial charge in [-0.05, 0) is 57.9 Å². The largest absolute Gasteiger partial charge is 0.305 e. The molecule has 0 saturated carbocycles. The topological polar surface area (TPSA) is 54.6 Å². The third-order valence-corrected chi connectivity index (χ3v) is 4.18. The molecule has 0 bridgehead atoms. The van der Waals surface area contributed by atoms with Crippen LogP contribution >= 0.6 is 15.9 Å². The van der Waals surface area contributed by atoms with Crippen LogP contribution in [0.4, 0.5) is 5.69 Å². The van der Waals surface area contributed by atoms with Gasteiger partial charge in [0, 0.05) is 34.8 Å². The van der Waals surface area contributed by atoms with Crippen molar-refractivity contribution in [3.63, 3.8) is 0 Å². The lowest BCUT2D eigenvalue weighted by molar-refractivity contribution is 1.17. The summed E-state index contributed by atoms with van der Waals surface area (Å²) in [5.74, 6) is 0. The molecule has 3 aromatic heterocycles. The maximum atomic E-state index is 4.64. The first kappa shape index (κ1) is 15.5. The molecule has 4 aromatic rings. The molecule has 0 fully saturated rings. The molecular weight excluding hydrogens is 378 g/mol. The molecule has 6 heteroatoms. The van der Waals surface area contributed by atoms with Gasteiger partial charge in [0.1, 0.15) is 5.65 Å². The van der Waals surface area contributed by atoms with Crippen LogP contribution in [-0.2, 0) is 0 Å².